The van der Waals surface area contributed by atoms with Crippen LogP contribution in [0.15, 0.2) is 46.5 Å². The SMILES string of the molecule is CCCN1CCN(c2cc(Nc3cc(C)n[nH]3)nc(Sc3ccc(NC(=O)CC)cc3)n2)CC1. The quantitative estimate of drug-likeness (QED) is 0.390. The molecule has 0 unspecified atom stereocenters. The van der Waals surface area contributed by atoms with Gasteiger partial charge in [0.1, 0.15) is 17.5 Å². The minimum Gasteiger partial charge on any atom is -0.354 e. The van der Waals surface area contributed by atoms with E-state index in [1.165, 1.54) is 18.2 Å². The molecule has 3 N–H and O–H groups in total. The maximum atomic E-state index is 11.6. The van der Waals surface area contributed by atoms with Gasteiger partial charge < -0.3 is 15.5 Å². The molecule has 1 aromatic carbocycles. The van der Waals surface area contributed by atoms with E-state index in [1.807, 2.05) is 50.2 Å². The van der Waals surface area contributed by atoms with Gasteiger partial charge in [-0.3, -0.25) is 14.8 Å². The lowest BCUT2D eigenvalue weighted by atomic mass is 10.3. The molecule has 1 aliphatic heterocycles. The first-order valence-electron chi connectivity index (χ1n) is 11.8. The van der Waals surface area contributed by atoms with Crippen LogP contribution in [0.25, 0.3) is 0 Å². The molecule has 180 valence electrons. The summed E-state index contributed by atoms with van der Waals surface area (Å²) < 4.78 is 0. The molecule has 10 heteroatoms. The summed E-state index contributed by atoms with van der Waals surface area (Å²) in [5, 5.41) is 14.0. The molecule has 0 aliphatic carbocycles. The number of rotatable bonds is 9. The summed E-state index contributed by atoms with van der Waals surface area (Å²) >= 11 is 1.50. The van der Waals surface area contributed by atoms with E-state index >= 15 is 0 Å². The van der Waals surface area contributed by atoms with Crippen LogP contribution in [0.3, 0.4) is 0 Å². The van der Waals surface area contributed by atoms with Crippen molar-refractivity contribution in [3.63, 3.8) is 0 Å². The van der Waals surface area contributed by atoms with Crippen molar-refractivity contribution in [2.24, 2.45) is 0 Å². The van der Waals surface area contributed by atoms with Gasteiger partial charge in [0.2, 0.25) is 5.91 Å². The topological polar surface area (TPSA) is 102 Å². The molecule has 1 fully saturated rings. The van der Waals surface area contributed by atoms with Crippen LogP contribution < -0.4 is 15.5 Å². The lowest BCUT2D eigenvalue weighted by molar-refractivity contribution is -0.115. The number of aromatic amines is 1. The number of aryl methyl sites for hydroxylation is 1. The molecular formula is C24H32N8OS. The maximum absolute atomic E-state index is 11.6. The maximum Gasteiger partial charge on any atom is 0.224 e. The smallest absolute Gasteiger partial charge is 0.224 e. The monoisotopic (exact) mass is 480 g/mol. The second-order valence-electron chi connectivity index (χ2n) is 8.30. The number of hydrogen-bond acceptors (Lipinski definition) is 8. The molecule has 0 saturated carbocycles. The van der Waals surface area contributed by atoms with Gasteiger partial charge in [-0.15, -0.1) is 0 Å². The highest BCUT2D eigenvalue weighted by Crippen LogP contribution is 2.30. The Labute approximate surface area is 204 Å². The lowest BCUT2D eigenvalue weighted by Crippen LogP contribution is -2.46. The zero-order valence-corrected chi connectivity index (χ0v) is 20.8. The van der Waals surface area contributed by atoms with Crippen LogP contribution in [-0.2, 0) is 4.79 Å². The average Bonchev–Trinajstić information content (AvgIpc) is 3.25. The largest absolute Gasteiger partial charge is 0.354 e. The van der Waals surface area contributed by atoms with E-state index in [0.717, 1.165) is 66.5 Å². The van der Waals surface area contributed by atoms with Gasteiger partial charge in [-0.2, -0.15) is 5.10 Å². The number of anilines is 4. The van der Waals surface area contributed by atoms with Crippen LogP contribution in [0.2, 0.25) is 0 Å². The van der Waals surface area contributed by atoms with Gasteiger partial charge in [0.15, 0.2) is 5.16 Å². The molecule has 0 radical (unpaired) electrons. The van der Waals surface area contributed by atoms with Crippen LogP contribution in [0, 0.1) is 6.92 Å². The summed E-state index contributed by atoms with van der Waals surface area (Å²) in [5.41, 5.74) is 1.70. The van der Waals surface area contributed by atoms with Crippen molar-refractivity contribution in [1.29, 1.82) is 0 Å². The van der Waals surface area contributed by atoms with E-state index in [1.54, 1.807) is 0 Å². The van der Waals surface area contributed by atoms with E-state index in [-0.39, 0.29) is 5.91 Å². The minimum atomic E-state index is 0.000214. The Hall–Kier alpha value is -3.11. The molecule has 0 bridgehead atoms. The lowest BCUT2D eigenvalue weighted by Gasteiger charge is -2.35. The summed E-state index contributed by atoms with van der Waals surface area (Å²) in [7, 11) is 0. The standard InChI is InChI=1S/C24H32N8OS/c1-4-10-31-11-13-32(14-12-31)22-16-20(26-21-15-17(3)29-30-21)27-24(28-22)34-19-8-6-18(7-9-19)25-23(33)5-2/h6-9,15-16H,4-5,10-14H2,1-3H3,(H,25,33)(H2,26,27,28,29,30). The van der Waals surface area contributed by atoms with Crippen LogP contribution in [-0.4, -0.2) is 63.7 Å². The van der Waals surface area contributed by atoms with Crippen molar-refractivity contribution in [3.8, 4) is 0 Å². The van der Waals surface area contributed by atoms with Gasteiger partial charge >= 0.3 is 0 Å². The van der Waals surface area contributed by atoms with Crippen LogP contribution in [0.4, 0.5) is 23.1 Å². The second-order valence-corrected chi connectivity index (χ2v) is 9.34. The first kappa shape index (κ1) is 24.0. The van der Waals surface area contributed by atoms with Gasteiger partial charge in [-0.25, -0.2) is 9.97 Å². The van der Waals surface area contributed by atoms with Gasteiger partial charge in [-0.05, 0) is 55.9 Å². The molecule has 1 amide bonds. The first-order valence-corrected chi connectivity index (χ1v) is 12.6. The molecule has 1 saturated heterocycles. The summed E-state index contributed by atoms with van der Waals surface area (Å²) in [6.45, 7) is 11.1. The van der Waals surface area contributed by atoms with Gasteiger partial charge in [0.25, 0.3) is 0 Å². The fraction of sp³-hybridized carbons (Fsp3) is 0.417. The normalized spacial score (nSPS) is 14.3. The highest BCUT2D eigenvalue weighted by molar-refractivity contribution is 7.99. The number of H-pyrrole nitrogens is 1. The number of aromatic nitrogens is 4. The average molecular weight is 481 g/mol. The van der Waals surface area contributed by atoms with Gasteiger partial charge in [-0.1, -0.05) is 13.8 Å². The molecule has 3 heterocycles. The number of carbonyl (C=O) groups is 1. The predicted molar refractivity (Wildman–Crippen MR) is 137 cm³/mol. The molecule has 2 aromatic heterocycles. The Bertz CT molecular complexity index is 1090. The molecule has 0 atom stereocenters. The third kappa shape index (κ3) is 6.48. The summed E-state index contributed by atoms with van der Waals surface area (Å²) in [6.07, 6.45) is 1.63. The van der Waals surface area contributed by atoms with Crippen molar-refractivity contribution < 1.29 is 4.79 Å². The predicted octanol–water partition coefficient (Wildman–Crippen LogP) is 4.28. The highest BCUT2D eigenvalue weighted by Gasteiger charge is 2.19. The Balaban J connectivity index is 1.53. The third-order valence-electron chi connectivity index (χ3n) is 5.57. The van der Waals surface area contributed by atoms with E-state index in [4.69, 9.17) is 9.97 Å². The molecule has 1 aliphatic rings. The summed E-state index contributed by atoms with van der Waals surface area (Å²) in [5.74, 6) is 2.43. The Morgan fingerprint density at radius 2 is 1.85 bits per heavy atom. The van der Waals surface area contributed by atoms with Crippen molar-refractivity contribution >= 4 is 40.8 Å². The Morgan fingerprint density at radius 1 is 1.09 bits per heavy atom. The van der Waals surface area contributed by atoms with Crippen molar-refractivity contribution in [3.05, 3.63) is 42.1 Å². The van der Waals surface area contributed by atoms with E-state index < -0.39 is 0 Å². The summed E-state index contributed by atoms with van der Waals surface area (Å²) in [6, 6.07) is 11.7. The highest BCUT2D eigenvalue weighted by atomic mass is 32.2. The minimum absolute atomic E-state index is 0.000214. The van der Waals surface area contributed by atoms with Crippen LogP contribution in [0.5, 0.6) is 0 Å². The van der Waals surface area contributed by atoms with Crippen molar-refractivity contribution in [2.75, 3.05) is 48.3 Å². The van der Waals surface area contributed by atoms with E-state index in [9.17, 15) is 4.79 Å². The van der Waals surface area contributed by atoms with Gasteiger partial charge in [0, 0.05) is 55.3 Å². The number of nitrogens with one attached hydrogen (secondary N) is 3. The van der Waals surface area contributed by atoms with Crippen molar-refractivity contribution in [2.45, 2.75) is 43.7 Å². The number of nitrogens with zero attached hydrogens (tertiary/aromatic N) is 5. The first-order chi connectivity index (χ1) is 16.5. The second kappa shape index (κ2) is 11.3. The zero-order chi connectivity index (χ0) is 23.9. The number of carbonyl (C=O) groups excluding carboxylic acids is 1. The van der Waals surface area contributed by atoms with Crippen molar-refractivity contribution in [1.82, 2.24) is 25.1 Å². The summed E-state index contributed by atoms with van der Waals surface area (Å²) in [4.78, 5) is 27.1. The number of amides is 1. The Morgan fingerprint density at radius 3 is 2.50 bits per heavy atom. The van der Waals surface area contributed by atoms with Crippen LogP contribution >= 0.6 is 11.8 Å². The molecule has 34 heavy (non-hydrogen) atoms. The molecule has 9 nitrogen and oxygen atoms in total. The number of piperazine rings is 1. The number of benzene rings is 1. The molecular weight excluding hydrogens is 448 g/mol. The fourth-order valence-corrected chi connectivity index (χ4v) is 4.55. The Kier molecular flexibility index (Phi) is 8.02. The third-order valence-corrected chi connectivity index (χ3v) is 6.44. The van der Waals surface area contributed by atoms with Gasteiger partial charge in [0.05, 0.1) is 5.69 Å². The van der Waals surface area contributed by atoms with Crippen LogP contribution in [0.1, 0.15) is 32.4 Å². The fourth-order valence-electron chi connectivity index (χ4n) is 3.79. The van der Waals surface area contributed by atoms with E-state index in [0.29, 0.717) is 11.6 Å². The van der Waals surface area contributed by atoms with E-state index in [2.05, 4.69) is 37.6 Å². The number of hydrogen-bond donors (Lipinski definition) is 3. The molecule has 0 spiro atoms. The molecule has 4 rings (SSSR count). The zero-order valence-electron chi connectivity index (χ0n) is 20.0. The molecule has 3 aromatic rings.